The number of carbonyl (C=O) groups excluding carboxylic acids is 1. The molecule has 1 amide bonds. The predicted molar refractivity (Wildman–Crippen MR) is 115 cm³/mol. The van der Waals surface area contributed by atoms with Gasteiger partial charge in [-0.3, -0.25) is 4.79 Å². The summed E-state index contributed by atoms with van der Waals surface area (Å²) < 4.78 is 1.01. The summed E-state index contributed by atoms with van der Waals surface area (Å²) in [6.45, 7) is 0. The highest BCUT2D eigenvalue weighted by Gasteiger charge is 2.06. The molecule has 3 aromatic rings. The molecule has 0 unspecified atom stereocenters. The SMILES string of the molecule is O=C(NN=C(C=Cc1ccccc1)c1ccccc1)c1cccc(I)c1. The van der Waals surface area contributed by atoms with Crippen molar-refractivity contribution in [3.8, 4) is 0 Å². The molecule has 3 rings (SSSR count). The fourth-order valence-corrected chi connectivity index (χ4v) is 2.89. The number of carbonyl (C=O) groups is 1. The summed E-state index contributed by atoms with van der Waals surface area (Å²) in [6.07, 6.45) is 3.88. The number of benzene rings is 3. The molecule has 4 heteroatoms. The highest BCUT2D eigenvalue weighted by molar-refractivity contribution is 14.1. The quantitative estimate of drug-likeness (QED) is 0.325. The van der Waals surface area contributed by atoms with Crippen molar-refractivity contribution in [2.45, 2.75) is 0 Å². The summed E-state index contributed by atoms with van der Waals surface area (Å²) in [5.74, 6) is -0.231. The van der Waals surface area contributed by atoms with Crippen molar-refractivity contribution in [1.29, 1.82) is 0 Å². The van der Waals surface area contributed by atoms with Crippen LogP contribution in [0.2, 0.25) is 0 Å². The Balaban J connectivity index is 1.84. The van der Waals surface area contributed by atoms with E-state index < -0.39 is 0 Å². The molecule has 0 radical (unpaired) electrons. The zero-order valence-electron chi connectivity index (χ0n) is 14.0. The minimum Gasteiger partial charge on any atom is -0.267 e. The van der Waals surface area contributed by atoms with E-state index in [2.05, 4.69) is 33.1 Å². The molecular formula is C22H17IN2O. The van der Waals surface area contributed by atoms with E-state index in [0.717, 1.165) is 14.7 Å². The number of hydrazone groups is 1. The topological polar surface area (TPSA) is 41.5 Å². The largest absolute Gasteiger partial charge is 0.271 e. The van der Waals surface area contributed by atoms with E-state index in [4.69, 9.17) is 0 Å². The van der Waals surface area contributed by atoms with E-state index in [1.54, 1.807) is 6.07 Å². The fraction of sp³-hybridized carbons (Fsp3) is 0. The summed E-state index contributed by atoms with van der Waals surface area (Å²) in [5, 5.41) is 4.34. The summed E-state index contributed by atoms with van der Waals surface area (Å²) in [7, 11) is 0. The van der Waals surface area contributed by atoms with Gasteiger partial charge in [0.15, 0.2) is 0 Å². The van der Waals surface area contributed by atoms with Crippen molar-refractivity contribution in [3.63, 3.8) is 0 Å². The average Bonchev–Trinajstić information content (AvgIpc) is 2.69. The normalized spacial score (nSPS) is 11.5. The summed E-state index contributed by atoms with van der Waals surface area (Å²) >= 11 is 2.18. The van der Waals surface area contributed by atoms with Gasteiger partial charge < -0.3 is 0 Å². The minimum atomic E-state index is -0.231. The van der Waals surface area contributed by atoms with Gasteiger partial charge in [-0.2, -0.15) is 5.10 Å². The second-order valence-corrected chi connectivity index (χ2v) is 6.80. The van der Waals surface area contributed by atoms with E-state index in [1.165, 1.54) is 0 Å². The number of hydrogen-bond donors (Lipinski definition) is 1. The van der Waals surface area contributed by atoms with Crippen LogP contribution in [0, 0.1) is 3.57 Å². The Bertz CT molecular complexity index is 935. The van der Waals surface area contributed by atoms with Gasteiger partial charge in [0.1, 0.15) is 0 Å². The van der Waals surface area contributed by atoms with Gasteiger partial charge in [-0.15, -0.1) is 0 Å². The van der Waals surface area contributed by atoms with Crippen LogP contribution < -0.4 is 5.43 Å². The lowest BCUT2D eigenvalue weighted by Crippen LogP contribution is -2.19. The van der Waals surface area contributed by atoms with Crippen LogP contribution in [0.5, 0.6) is 0 Å². The molecule has 0 aliphatic rings. The zero-order valence-corrected chi connectivity index (χ0v) is 16.1. The lowest BCUT2D eigenvalue weighted by Gasteiger charge is -2.04. The Morgan fingerprint density at radius 2 is 1.50 bits per heavy atom. The average molecular weight is 452 g/mol. The van der Waals surface area contributed by atoms with Crippen molar-refractivity contribution < 1.29 is 4.79 Å². The Hall–Kier alpha value is -2.73. The Morgan fingerprint density at radius 3 is 2.19 bits per heavy atom. The van der Waals surface area contributed by atoms with Crippen molar-refractivity contribution >= 4 is 40.3 Å². The Kier molecular flexibility index (Phi) is 6.33. The van der Waals surface area contributed by atoms with Gasteiger partial charge in [-0.25, -0.2) is 5.43 Å². The van der Waals surface area contributed by atoms with Gasteiger partial charge in [-0.05, 0) is 52.4 Å². The van der Waals surface area contributed by atoms with Crippen LogP contribution >= 0.6 is 22.6 Å². The van der Waals surface area contributed by atoms with Gasteiger partial charge in [0.25, 0.3) is 5.91 Å². The third-order valence-corrected chi connectivity index (χ3v) is 4.34. The molecule has 0 saturated carbocycles. The second-order valence-electron chi connectivity index (χ2n) is 5.56. The molecule has 0 heterocycles. The number of allylic oxidation sites excluding steroid dienone is 1. The van der Waals surface area contributed by atoms with E-state index in [0.29, 0.717) is 11.3 Å². The molecule has 128 valence electrons. The molecule has 3 aromatic carbocycles. The van der Waals surface area contributed by atoms with Crippen LogP contribution in [0.15, 0.2) is 96.1 Å². The molecule has 0 fully saturated rings. The van der Waals surface area contributed by atoms with Crippen molar-refractivity contribution in [1.82, 2.24) is 5.43 Å². The molecule has 0 aliphatic heterocycles. The van der Waals surface area contributed by atoms with Crippen LogP contribution in [0.25, 0.3) is 6.08 Å². The third kappa shape index (κ3) is 5.13. The van der Waals surface area contributed by atoms with Gasteiger partial charge >= 0.3 is 0 Å². The first-order valence-corrected chi connectivity index (χ1v) is 9.22. The van der Waals surface area contributed by atoms with Gasteiger partial charge in [-0.1, -0.05) is 72.8 Å². The number of rotatable bonds is 5. The molecule has 26 heavy (non-hydrogen) atoms. The summed E-state index contributed by atoms with van der Waals surface area (Å²) in [6, 6.07) is 27.2. The Labute approximate surface area is 166 Å². The van der Waals surface area contributed by atoms with Crippen LogP contribution in [-0.2, 0) is 0 Å². The zero-order chi connectivity index (χ0) is 18.2. The molecule has 0 saturated heterocycles. The number of hydrogen-bond acceptors (Lipinski definition) is 2. The lowest BCUT2D eigenvalue weighted by molar-refractivity contribution is 0.0955. The lowest BCUT2D eigenvalue weighted by atomic mass is 10.1. The predicted octanol–water partition coefficient (Wildman–Crippen LogP) is 5.14. The Morgan fingerprint density at radius 1 is 0.846 bits per heavy atom. The molecule has 0 atom stereocenters. The van der Waals surface area contributed by atoms with Crippen LogP contribution in [0.4, 0.5) is 0 Å². The van der Waals surface area contributed by atoms with E-state index >= 15 is 0 Å². The fourth-order valence-electron chi connectivity index (χ4n) is 2.35. The van der Waals surface area contributed by atoms with Crippen LogP contribution in [0.3, 0.4) is 0 Å². The van der Waals surface area contributed by atoms with Crippen molar-refractivity contribution in [2.75, 3.05) is 0 Å². The first-order chi connectivity index (χ1) is 12.7. The van der Waals surface area contributed by atoms with Crippen LogP contribution in [0.1, 0.15) is 21.5 Å². The molecule has 0 aliphatic carbocycles. The van der Waals surface area contributed by atoms with E-state index in [9.17, 15) is 4.79 Å². The molecule has 0 aromatic heterocycles. The molecule has 0 bridgehead atoms. The monoisotopic (exact) mass is 452 g/mol. The number of halogens is 1. The summed E-state index contributed by atoms with van der Waals surface area (Å²) in [5.41, 5.74) is 5.93. The van der Waals surface area contributed by atoms with Crippen molar-refractivity contribution in [3.05, 3.63) is 111 Å². The molecular weight excluding hydrogens is 435 g/mol. The number of amides is 1. The van der Waals surface area contributed by atoms with Gasteiger partial charge in [0, 0.05) is 14.7 Å². The highest BCUT2D eigenvalue weighted by atomic mass is 127. The smallest absolute Gasteiger partial charge is 0.267 e. The number of nitrogens with one attached hydrogen (secondary N) is 1. The number of nitrogens with zero attached hydrogens (tertiary/aromatic N) is 1. The maximum absolute atomic E-state index is 12.4. The maximum atomic E-state index is 12.4. The van der Waals surface area contributed by atoms with Gasteiger partial charge in [0.05, 0.1) is 5.71 Å². The van der Waals surface area contributed by atoms with Crippen LogP contribution in [-0.4, -0.2) is 11.6 Å². The first-order valence-electron chi connectivity index (χ1n) is 8.14. The van der Waals surface area contributed by atoms with Crippen molar-refractivity contribution in [2.24, 2.45) is 5.10 Å². The van der Waals surface area contributed by atoms with E-state index in [-0.39, 0.29) is 5.91 Å². The highest BCUT2D eigenvalue weighted by Crippen LogP contribution is 2.09. The third-order valence-electron chi connectivity index (χ3n) is 3.67. The first kappa shape index (κ1) is 18.1. The molecule has 3 nitrogen and oxygen atoms in total. The summed E-state index contributed by atoms with van der Waals surface area (Å²) in [4.78, 5) is 12.4. The molecule has 1 N–H and O–H groups in total. The maximum Gasteiger partial charge on any atom is 0.271 e. The van der Waals surface area contributed by atoms with E-state index in [1.807, 2.05) is 91.0 Å². The minimum absolute atomic E-state index is 0.231. The molecule has 0 spiro atoms. The second kappa shape index (κ2) is 9.10. The van der Waals surface area contributed by atoms with Gasteiger partial charge in [0.2, 0.25) is 0 Å². The standard InChI is InChI=1S/C22H17IN2O/c23-20-13-7-12-19(16-20)22(26)25-24-21(18-10-5-2-6-11-18)15-14-17-8-3-1-4-9-17/h1-16H,(H,25,26).